The molecule has 2 aliphatic rings. The number of nitrogens with two attached hydrogens (primary N) is 1. The minimum atomic E-state index is -1.34. The van der Waals surface area contributed by atoms with E-state index < -0.39 is 22.8 Å². The first-order chi connectivity index (χ1) is 15.2. The van der Waals surface area contributed by atoms with Gasteiger partial charge >= 0.3 is 5.97 Å². The lowest BCUT2D eigenvalue weighted by atomic mass is 9.89. The van der Waals surface area contributed by atoms with E-state index in [0.29, 0.717) is 30.8 Å². The van der Waals surface area contributed by atoms with Gasteiger partial charge in [-0.05, 0) is 32.8 Å². The van der Waals surface area contributed by atoms with Gasteiger partial charge in [0.1, 0.15) is 17.9 Å². The fourth-order valence-electron chi connectivity index (χ4n) is 4.30. The molecule has 2 fully saturated rings. The number of rotatable bonds is 6. The molecule has 9 nitrogen and oxygen atoms in total. The van der Waals surface area contributed by atoms with Crippen molar-refractivity contribution < 1.29 is 23.9 Å². The zero-order valence-corrected chi connectivity index (χ0v) is 18.4. The van der Waals surface area contributed by atoms with Crippen LogP contribution in [0.25, 0.3) is 10.9 Å². The third-order valence-electron chi connectivity index (χ3n) is 5.99. The van der Waals surface area contributed by atoms with Crippen molar-refractivity contribution in [1.29, 1.82) is 0 Å². The molecule has 3 N–H and O–H groups in total. The number of carboxylic acids is 1. The predicted octanol–water partition coefficient (Wildman–Crippen LogP) is 2.50. The molecule has 4 rings (SSSR count). The molecule has 1 saturated carbocycles. The SMILES string of the molecule is CCO/N=C1\CCN(c2c(F)cc3c(=O)c(C(=O)O)cn(C4CC4)c3c2OC)CC1(C)N. The Labute approximate surface area is 184 Å². The monoisotopic (exact) mass is 446 g/mol. The molecular weight excluding hydrogens is 419 g/mol. The molecule has 1 aliphatic carbocycles. The standard InChI is InChI=1S/C22H27FN4O5/c1-4-32-25-16-7-8-26(11-22(16,2)24)18-15(23)9-13-17(20(18)31-3)27(12-5-6-12)10-14(19(13)28)21(29)30/h9-10,12H,4-8,11,24H2,1-3H3,(H,29,30)/b25-16+. The van der Waals surface area contributed by atoms with Gasteiger partial charge in [0, 0.05) is 31.7 Å². The summed E-state index contributed by atoms with van der Waals surface area (Å²) in [7, 11) is 1.41. The summed E-state index contributed by atoms with van der Waals surface area (Å²) in [6.07, 6.45) is 3.50. The summed E-state index contributed by atoms with van der Waals surface area (Å²) in [6.45, 7) is 4.75. The molecule has 2 aromatic rings. The number of aromatic nitrogens is 1. The highest BCUT2D eigenvalue weighted by atomic mass is 19.1. The van der Waals surface area contributed by atoms with Crippen molar-refractivity contribution in [3.05, 3.63) is 33.9 Å². The minimum absolute atomic E-state index is 0.0129. The Balaban J connectivity index is 1.89. The Bertz CT molecular complexity index is 1170. The van der Waals surface area contributed by atoms with E-state index in [2.05, 4.69) is 5.16 Å². The number of carboxylic acid groups (broad SMARTS) is 1. The number of aromatic carboxylic acids is 1. The number of ether oxygens (including phenoxy) is 1. The van der Waals surface area contributed by atoms with Gasteiger partial charge in [0.05, 0.1) is 29.3 Å². The number of anilines is 1. The molecular formula is C22H27FN4O5. The number of methoxy groups -OCH3 is 1. The van der Waals surface area contributed by atoms with Crippen molar-refractivity contribution >= 4 is 28.3 Å². The van der Waals surface area contributed by atoms with Gasteiger partial charge in [-0.25, -0.2) is 9.18 Å². The maximum Gasteiger partial charge on any atom is 0.341 e. The van der Waals surface area contributed by atoms with Crippen LogP contribution in [0.4, 0.5) is 10.1 Å². The number of halogens is 1. The molecule has 1 unspecified atom stereocenters. The Morgan fingerprint density at radius 1 is 1.44 bits per heavy atom. The van der Waals surface area contributed by atoms with E-state index in [9.17, 15) is 14.7 Å². The number of nitrogens with zero attached hydrogens (tertiary/aromatic N) is 3. The molecule has 0 spiro atoms. The fraction of sp³-hybridized carbons (Fsp3) is 0.500. The summed E-state index contributed by atoms with van der Waals surface area (Å²) in [4.78, 5) is 31.4. The van der Waals surface area contributed by atoms with Gasteiger partial charge < -0.3 is 29.9 Å². The van der Waals surface area contributed by atoms with E-state index in [0.717, 1.165) is 18.9 Å². The largest absolute Gasteiger partial charge is 0.492 e. The summed E-state index contributed by atoms with van der Waals surface area (Å²) >= 11 is 0. The van der Waals surface area contributed by atoms with Crippen LogP contribution < -0.4 is 20.8 Å². The Morgan fingerprint density at radius 2 is 2.16 bits per heavy atom. The van der Waals surface area contributed by atoms with E-state index in [1.54, 1.807) is 9.47 Å². The molecule has 0 radical (unpaired) electrons. The molecule has 2 heterocycles. The van der Waals surface area contributed by atoms with Gasteiger partial charge in [-0.1, -0.05) is 5.16 Å². The van der Waals surface area contributed by atoms with Crippen LogP contribution in [0.3, 0.4) is 0 Å². The fourth-order valence-corrected chi connectivity index (χ4v) is 4.30. The van der Waals surface area contributed by atoms with Crippen LogP contribution in [0.2, 0.25) is 0 Å². The highest BCUT2D eigenvalue weighted by molar-refractivity contribution is 5.98. The molecule has 0 amide bonds. The van der Waals surface area contributed by atoms with Gasteiger partial charge in [-0.2, -0.15) is 0 Å². The van der Waals surface area contributed by atoms with Crippen molar-refractivity contribution in [2.75, 3.05) is 31.7 Å². The Kier molecular flexibility index (Phi) is 5.58. The number of pyridine rings is 1. The van der Waals surface area contributed by atoms with Crippen LogP contribution in [0.5, 0.6) is 5.75 Å². The summed E-state index contributed by atoms with van der Waals surface area (Å²) < 4.78 is 22.8. The van der Waals surface area contributed by atoms with Crippen LogP contribution in [0.1, 0.15) is 49.5 Å². The molecule has 1 aromatic carbocycles. The Morgan fingerprint density at radius 3 is 2.72 bits per heavy atom. The number of piperidine rings is 1. The average Bonchev–Trinajstić information content (AvgIpc) is 3.57. The number of benzene rings is 1. The highest BCUT2D eigenvalue weighted by Crippen LogP contribution is 2.44. The van der Waals surface area contributed by atoms with Crippen LogP contribution in [-0.4, -0.2) is 53.7 Å². The molecule has 1 atom stereocenters. The number of hydrogen-bond acceptors (Lipinski definition) is 7. The average molecular weight is 446 g/mol. The number of oxime groups is 1. The second kappa shape index (κ2) is 8.09. The van der Waals surface area contributed by atoms with Crippen LogP contribution in [-0.2, 0) is 4.84 Å². The predicted molar refractivity (Wildman–Crippen MR) is 118 cm³/mol. The van der Waals surface area contributed by atoms with Crippen molar-refractivity contribution in [2.45, 2.75) is 44.7 Å². The summed E-state index contributed by atoms with van der Waals surface area (Å²) in [6, 6.07) is 1.15. The zero-order chi connectivity index (χ0) is 23.2. The second-order valence-corrected chi connectivity index (χ2v) is 8.50. The van der Waals surface area contributed by atoms with E-state index in [4.69, 9.17) is 15.3 Å². The van der Waals surface area contributed by atoms with Crippen molar-refractivity contribution in [3.63, 3.8) is 0 Å². The normalized spacial score (nSPS) is 22.4. The first-order valence-corrected chi connectivity index (χ1v) is 10.6. The topological polar surface area (TPSA) is 119 Å². The number of fused-ring (bicyclic) bond motifs is 1. The first-order valence-electron chi connectivity index (χ1n) is 10.6. The van der Waals surface area contributed by atoms with E-state index in [-0.39, 0.29) is 35.0 Å². The third kappa shape index (κ3) is 3.68. The highest BCUT2D eigenvalue weighted by Gasteiger charge is 2.37. The number of carbonyl (C=O) groups is 1. The van der Waals surface area contributed by atoms with Gasteiger partial charge in [-0.3, -0.25) is 4.79 Å². The van der Waals surface area contributed by atoms with E-state index >= 15 is 4.39 Å². The van der Waals surface area contributed by atoms with E-state index in [1.165, 1.54) is 13.3 Å². The molecule has 1 aliphatic heterocycles. The maximum absolute atomic E-state index is 15.5. The summed E-state index contributed by atoms with van der Waals surface area (Å²) in [5.74, 6) is -1.81. The Hall–Kier alpha value is -3.14. The lowest BCUT2D eigenvalue weighted by Gasteiger charge is -2.40. The zero-order valence-electron chi connectivity index (χ0n) is 18.4. The minimum Gasteiger partial charge on any atom is -0.492 e. The van der Waals surface area contributed by atoms with Crippen molar-refractivity contribution in [1.82, 2.24) is 4.57 Å². The van der Waals surface area contributed by atoms with Gasteiger partial charge in [0.2, 0.25) is 5.43 Å². The third-order valence-corrected chi connectivity index (χ3v) is 5.99. The molecule has 1 saturated heterocycles. The quantitative estimate of drug-likeness (QED) is 0.654. The smallest absolute Gasteiger partial charge is 0.341 e. The molecule has 1 aromatic heterocycles. The van der Waals surface area contributed by atoms with Gasteiger partial charge in [0.15, 0.2) is 11.6 Å². The van der Waals surface area contributed by atoms with Gasteiger partial charge in [-0.15, -0.1) is 0 Å². The molecule has 10 heteroatoms. The van der Waals surface area contributed by atoms with Gasteiger partial charge in [0.25, 0.3) is 0 Å². The molecule has 32 heavy (non-hydrogen) atoms. The lowest BCUT2D eigenvalue weighted by Crippen LogP contribution is -2.59. The lowest BCUT2D eigenvalue weighted by molar-refractivity contribution is 0.0694. The van der Waals surface area contributed by atoms with Crippen LogP contribution in [0, 0.1) is 5.82 Å². The summed E-state index contributed by atoms with van der Waals surface area (Å²) in [5, 5.41) is 13.6. The molecule has 172 valence electrons. The second-order valence-electron chi connectivity index (χ2n) is 8.50. The summed E-state index contributed by atoms with van der Waals surface area (Å²) in [5.41, 5.74) is 5.78. The van der Waals surface area contributed by atoms with E-state index in [1.807, 2.05) is 13.8 Å². The van der Waals surface area contributed by atoms with Crippen LogP contribution >= 0.6 is 0 Å². The maximum atomic E-state index is 15.5. The number of hydrogen-bond donors (Lipinski definition) is 2. The van der Waals surface area contributed by atoms with Crippen molar-refractivity contribution in [2.24, 2.45) is 10.9 Å². The first kappa shape index (κ1) is 22.1. The van der Waals surface area contributed by atoms with Crippen molar-refractivity contribution in [3.8, 4) is 5.75 Å². The van der Waals surface area contributed by atoms with Crippen LogP contribution in [0.15, 0.2) is 22.2 Å². The molecule has 0 bridgehead atoms.